The van der Waals surface area contributed by atoms with E-state index in [-0.39, 0.29) is 40.2 Å². The quantitative estimate of drug-likeness (QED) is 0.440. The van der Waals surface area contributed by atoms with Gasteiger partial charge < -0.3 is 9.30 Å². The van der Waals surface area contributed by atoms with Crippen LogP contribution in [0.2, 0.25) is 0 Å². The van der Waals surface area contributed by atoms with Crippen LogP contribution in [0.15, 0.2) is 58.4 Å². The maximum Gasteiger partial charge on any atom is 0.279 e. The Morgan fingerprint density at radius 3 is 2.88 bits per heavy atom. The predicted molar refractivity (Wildman–Crippen MR) is 122 cm³/mol. The van der Waals surface area contributed by atoms with E-state index in [0.717, 1.165) is 24.5 Å². The number of nitrogens with zero attached hydrogens (tertiary/aromatic N) is 5. The van der Waals surface area contributed by atoms with Crippen LogP contribution in [0.1, 0.15) is 34.3 Å². The van der Waals surface area contributed by atoms with Crippen molar-refractivity contribution in [3.05, 3.63) is 87.0 Å². The minimum Gasteiger partial charge on any atom is -0.376 e. The number of nitriles is 1. The standard InChI is InChI=1S/C25H20FN5O3/c1-15-5-3-9-30-21(15)28-23-20(25(30)33)12-17(13-27)22(31(23)14-19-8-4-10-34-19)29-24(32)16-6-2-7-18(26)11-16/h2-3,5-7,9,11-12,19H,4,8,10,14H2,1H3/t19-/m1/s1. The normalized spacial score (nSPS) is 16.3. The maximum atomic E-state index is 13.7. The number of aryl methyl sites for hydroxylation is 1. The summed E-state index contributed by atoms with van der Waals surface area (Å²) >= 11 is 0. The molecular weight excluding hydrogens is 437 g/mol. The molecule has 0 radical (unpaired) electrons. The fraction of sp³-hybridized carbons (Fsp3) is 0.240. The number of amides is 1. The minimum atomic E-state index is -0.704. The Morgan fingerprint density at radius 1 is 1.29 bits per heavy atom. The van der Waals surface area contributed by atoms with E-state index in [2.05, 4.69) is 11.1 Å². The smallest absolute Gasteiger partial charge is 0.279 e. The molecule has 1 aromatic carbocycles. The van der Waals surface area contributed by atoms with Crippen molar-refractivity contribution in [2.45, 2.75) is 32.4 Å². The summed E-state index contributed by atoms with van der Waals surface area (Å²) in [4.78, 5) is 35.2. The Balaban J connectivity index is 1.85. The first-order valence-electron chi connectivity index (χ1n) is 10.9. The molecule has 170 valence electrons. The highest BCUT2D eigenvalue weighted by molar-refractivity contribution is 5.95. The van der Waals surface area contributed by atoms with E-state index >= 15 is 0 Å². The number of ether oxygens (including phenoxy) is 1. The molecule has 0 aliphatic carbocycles. The summed E-state index contributed by atoms with van der Waals surface area (Å²) in [6.07, 6.45) is 3.11. The van der Waals surface area contributed by atoms with Crippen LogP contribution in [0.3, 0.4) is 0 Å². The zero-order valence-electron chi connectivity index (χ0n) is 18.4. The molecule has 9 heteroatoms. The van der Waals surface area contributed by atoms with Gasteiger partial charge in [0, 0.05) is 18.4 Å². The molecule has 1 saturated heterocycles. The molecule has 1 amide bonds. The van der Waals surface area contributed by atoms with Gasteiger partial charge in [0.2, 0.25) is 0 Å². The maximum absolute atomic E-state index is 13.7. The summed E-state index contributed by atoms with van der Waals surface area (Å²) in [7, 11) is 0. The van der Waals surface area contributed by atoms with Crippen molar-refractivity contribution < 1.29 is 13.9 Å². The Hall–Kier alpha value is -4.16. The summed E-state index contributed by atoms with van der Waals surface area (Å²) < 4.78 is 22.5. The summed E-state index contributed by atoms with van der Waals surface area (Å²) in [6.45, 7) is 2.71. The first-order valence-corrected chi connectivity index (χ1v) is 10.9. The van der Waals surface area contributed by atoms with Gasteiger partial charge in [-0.3, -0.25) is 14.0 Å². The van der Waals surface area contributed by atoms with Crippen LogP contribution in [0.25, 0.3) is 16.7 Å². The molecule has 4 heterocycles. The van der Waals surface area contributed by atoms with Crippen molar-refractivity contribution in [1.29, 1.82) is 5.26 Å². The Bertz CT molecular complexity index is 1620. The van der Waals surface area contributed by atoms with Crippen LogP contribution in [0.5, 0.6) is 0 Å². The van der Waals surface area contributed by atoms with Crippen molar-refractivity contribution in [2.75, 3.05) is 6.61 Å². The molecule has 1 fully saturated rings. The lowest BCUT2D eigenvalue weighted by atomic mass is 10.2. The number of hydrogen-bond acceptors (Lipinski definition) is 5. The number of pyridine rings is 2. The molecule has 1 aliphatic heterocycles. The van der Waals surface area contributed by atoms with E-state index in [0.29, 0.717) is 17.9 Å². The van der Waals surface area contributed by atoms with Crippen molar-refractivity contribution >= 4 is 22.6 Å². The van der Waals surface area contributed by atoms with Gasteiger partial charge in [0.05, 0.1) is 23.6 Å². The van der Waals surface area contributed by atoms with Crippen LogP contribution < -0.4 is 11.0 Å². The molecule has 0 N–H and O–H groups in total. The molecule has 34 heavy (non-hydrogen) atoms. The molecule has 0 saturated carbocycles. The number of carbonyl (C=O) groups is 1. The number of fused-ring (bicyclic) bond motifs is 2. The third kappa shape index (κ3) is 3.78. The summed E-state index contributed by atoms with van der Waals surface area (Å²) in [5.41, 5.74) is 1.39. The molecule has 4 aromatic rings. The van der Waals surface area contributed by atoms with Crippen LogP contribution in [0, 0.1) is 24.1 Å². The Labute approximate surface area is 193 Å². The average molecular weight is 457 g/mol. The third-order valence-electron chi connectivity index (χ3n) is 5.91. The predicted octanol–water partition coefficient (Wildman–Crippen LogP) is 2.89. The lowest BCUT2D eigenvalue weighted by Gasteiger charge is -2.17. The van der Waals surface area contributed by atoms with Gasteiger partial charge in [-0.1, -0.05) is 12.1 Å². The molecule has 1 atom stereocenters. The summed E-state index contributed by atoms with van der Waals surface area (Å²) in [5.74, 6) is -1.27. The number of rotatable bonds is 3. The number of benzene rings is 1. The van der Waals surface area contributed by atoms with Gasteiger partial charge in [-0.25, -0.2) is 9.37 Å². The highest BCUT2D eigenvalue weighted by atomic mass is 19.1. The van der Waals surface area contributed by atoms with Crippen molar-refractivity contribution in [3.63, 3.8) is 0 Å². The highest BCUT2D eigenvalue weighted by Crippen LogP contribution is 2.18. The summed E-state index contributed by atoms with van der Waals surface area (Å²) in [6, 6.07) is 12.2. The topological polar surface area (TPSA) is 102 Å². The number of aromatic nitrogens is 3. The molecule has 3 aromatic heterocycles. The minimum absolute atomic E-state index is 0.0433. The van der Waals surface area contributed by atoms with E-state index in [1.165, 1.54) is 28.7 Å². The van der Waals surface area contributed by atoms with E-state index in [1.807, 2.05) is 13.0 Å². The van der Waals surface area contributed by atoms with Gasteiger partial charge >= 0.3 is 0 Å². The van der Waals surface area contributed by atoms with E-state index in [1.54, 1.807) is 16.8 Å². The lowest BCUT2D eigenvalue weighted by molar-refractivity contribution is 0.0952. The Kier molecular flexibility index (Phi) is 5.51. The molecular formula is C25H20FN5O3. The van der Waals surface area contributed by atoms with Crippen LogP contribution in [-0.2, 0) is 11.3 Å². The van der Waals surface area contributed by atoms with Gasteiger partial charge in [-0.15, -0.1) is 0 Å². The first kappa shape index (κ1) is 21.7. The zero-order chi connectivity index (χ0) is 23.8. The molecule has 0 unspecified atom stereocenters. The van der Waals surface area contributed by atoms with Gasteiger partial charge in [0.15, 0.2) is 5.49 Å². The van der Waals surface area contributed by atoms with Gasteiger partial charge in [0.25, 0.3) is 11.5 Å². The van der Waals surface area contributed by atoms with Crippen molar-refractivity contribution in [2.24, 2.45) is 4.99 Å². The number of carbonyl (C=O) groups excluding carboxylic acids is 1. The van der Waals surface area contributed by atoms with Crippen molar-refractivity contribution in [1.82, 2.24) is 14.0 Å². The second-order valence-electron chi connectivity index (χ2n) is 8.21. The number of halogens is 1. The molecule has 8 nitrogen and oxygen atoms in total. The largest absolute Gasteiger partial charge is 0.376 e. The SMILES string of the molecule is Cc1cccn2c(=O)c3cc(C#N)c(=NC(=O)c4cccc(F)c4)n(C[C@H]4CCCO4)c3nc12. The molecule has 0 bridgehead atoms. The molecule has 0 spiro atoms. The van der Waals surface area contributed by atoms with Crippen LogP contribution >= 0.6 is 0 Å². The summed E-state index contributed by atoms with van der Waals surface area (Å²) in [5, 5.41) is 10.1. The van der Waals surface area contributed by atoms with E-state index in [4.69, 9.17) is 9.72 Å². The van der Waals surface area contributed by atoms with E-state index in [9.17, 15) is 19.2 Å². The second-order valence-corrected chi connectivity index (χ2v) is 8.21. The average Bonchev–Trinajstić information content (AvgIpc) is 3.34. The second kappa shape index (κ2) is 8.65. The van der Waals surface area contributed by atoms with Gasteiger partial charge in [0.1, 0.15) is 23.2 Å². The fourth-order valence-corrected chi connectivity index (χ4v) is 4.24. The van der Waals surface area contributed by atoms with Crippen LogP contribution in [-0.4, -0.2) is 32.6 Å². The lowest BCUT2D eigenvalue weighted by Crippen LogP contribution is -2.33. The zero-order valence-corrected chi connectivity index (χ0v) is 18.4. The van der Waals surface area contributed by atoms with Crippen molar-refractivity contribution in [3.8, 4) is 6.07 Å². The van der Waals surface area contributed by atoms with Gasteiger partial charge in [-0.05, 0) is 55.7 Å². The number of hydrogen-bond donors (Lipinski definition) is 0. The van der Waals surface area contributed by atoms with Crippen LogP contribution in [0.4, 0.5) is 4.39 Å². The fourth-order valence-electron chi connectivity index (χ4n) is 4.24. The highest BCUT2D eigenvalue weighted by Gasteiger charge is 2.21. The Morgan fingerprint density at radius 2 is 2.15 bits per heavy atom. The third-order valence-corrected chi connectivity index (χ3v) is 5.91. The molecule has 1 aliphatic rings. The first-order chi connectivity index (χ1) is 16.5. The molecule has 5 rings (SSSR count). The van der Waals surface area contributed by atoms with Gasteiger partial charge in [-0.2, -0.15) is 10.3 Å². The monoisotopic (exact) mass is 457 g/mol. The van der Waals surface area contributed by atoms with E-state index < -0.39 is 11.7 Å².